The maximum Gasteiger partial charge on any atom is 0.407 e. The Morgan fingerprint density at radius 1 is 1.33 bits per heavy atom. The van der Waals surface area contributed by atoms with Crippen LogP contribution in [0.1, 0.15) is 41.0 Å². The smallest absolute Gasteiger partial charge is 0.407 e. The van der Waals surface area contributed by atoms with Gasteiger partial charge in [0.1, 0.15) is 5.60 Å². The fourth-order valence-electron chi connectivity index (χ4n) is 2.10. The summed E-state index contributed by atoms with van der Waals surface area (Å²) >= 11 is 0. The lowest BCUT2D eigenvalue weighted by molar-refractivity contribution is -0.0844. The first-order chi connectivity index (χ1) is 9.33. The van der Waals surface area contributed by atoms with E-state index in [-0.39, 0.29) is 6.04 Å². The summed E-state index contributed by atoms with van der Waals surface area (Å²) in [5, 5.41) is 14.4. The van der Waals surface area contributed by atoms with Gasteiger partial charge >= 0.3 is 6.09 Å². The molecule has 0 bridgehead atoms. The van der Waals surface area contributed by atoms with E-state index >= 15 is 0 Å². The van der Waals surface area contributed by atoms with Crippen LogP contribution in [0.3, 0.4) is 0 Å². The molecule has 1 aliphatic carbocycles. The average molecular weight is 308 g/mol. The Kier molecular flexibility index (Phi) is 5.21. The average Bonchev–Trinajstić information content (AvgIpc) is 2.30. The summed E-state index contributed by atoms with van der Waals surface area (Å²) in [5.41, 5.74) is -1.13. The monoisotopic (exact) mass is 308 g/mol. The van der Waals surface area contributed by atoms with Gasteiger partial charge in [0.25, 0.3) is 5.92 Å². The van der Waals surface area contributed by atoms with Crippen molar-refractivity contribution >= 4 is 6.09 Å². The molecule has 5 nitrogen and oxygen atoms in total. The SMILES string of the molecule is CC(C)(C)OC(=O)NCC(F)(F)CNC1CC(O)C1(C)C. The van der Waals surface area contributed by atoms with Crippen molar-refractivity contribution in [3.05, 3.63) is 0 Å². The molecule has 3 N–H and O–H groups in total. The van der Waals surface area contributed by atoms with Crippen molar-refractivity contribution in [2.45, 2.75) is 64.7 Å². The van der Waals surface area contributed by atoms with E-state index in [4.69, 9.17) is 4.74 Å². The summed E-state index contributed by atoms with van der Waals surface area (Å²) in [4.78, 5) is 11.3. The highest BCUT2D eigenvalue weighted by Crippen LogP contribution is 2.40. The van der Waals surface area contributed by atoms with Gasteiger partial charge in [0.15, 0.2) is 0 Å². The number of carbonyl (C=O) groups is 1. The molecular weight excluding hydrogens is 282 g/mol. The second-order valence-electron chi connectivity index (χ2n) is 7.22. The number of rotatable bonds is 5. The van der Waals surface area contributed by atoms with E-state index in [0.717, 1.165) is 0 Å². The Morgan fingerprint density at radius 2 is 1.90 bits per heavy atom. The van der Waals surface area contributed by atoms with E-state index < -0.39 is 42.2 Å². The topological polar surface area (TPSA) is 70.6 Å². The molecule has 2 unspecified atom stereocenters. The number of alkyl halides is 2. The number of ether oxygens (including phenoxy) is 1. The van der Waals surface area contributed by atoms with Crippen LogP contribution in [0.5, 0.6) is 0 Å². The molecule has 1 aliphatic rings. The summed E-state index contributed by atoms with van der Waals surface area (Å²) in [6, 6.07) is -0.153. The van der Waals surface area contributed by atoms with Crippen LogP contribution in [0.15, 0.2) is 0 Å². The molecule has 0 radical (unpaired) electrons. The normalized spacial score (nSPS) is 25.1. The lowest BCUT2D eigenvalue weighted by Gasteiger charge is -2.50. The predicted molar refractivity (Wildman–Crippen MR) is 75.4 cm³/mol. The lowest BCUT2D eigenvalue weighted by atomic mass is 9.64. The third kappa shape index (κ3) is 5.39. The molecule has 1 amide bonds. The van der Waals surface area contributed by atoms with E-state index in [0.29, 0.717) is 6.42 Å². The van der Waals surface area contributed by atoms with E-state index in [1.807, 2.05) is 13.8 Å². The molecule has 0 aromatic heterocycles. The molecule has 1 rings (SSSR count). The largest absolute Gasteiger partial charge is 0.444 e. The highest BCUT2D eigenvalue weighted by molar-refractivity contribution is 5.67. The molecule has 7 heteroatoms. The van der Waals surface area contributed by atoms with Crippen LogP contribution in [-0.4, -0.2) is 48.0 Å². The molecule has 1 fully saturated rings. The number of aliphatic hydroxyl groups excluding tert-OH is 1. The lowest BCUT2D eigenvalue weighted by Crippen LogP contribution is -2.62. The Labute approximate surface area is 124 Å². The third-order valence-corrected chi connectivity index (χ3v) is 3.71. The molecule has 0 heterocycles. The van der Waals surface area contributed by atoms with Gasteiger partial charge in [-0.1, -0.05) is 13.8 Å². The van der Waals surface area contributed by atoms with Gasteiger partial charge in [-0.25, -0.2) is 13.6 Å². The van der Waals surface area contributed by atoms with Crippen LogP contribution in [0.2, 0.25) is 0 Å². The van der Waals surface area contributed by atoms with Crippen molar-refractivity contribution in [1.82, 2.24) is 10.6 Å². The quantitative estimate of drug-likeness (QED) is 0.725. The number of halogens is 2. The fraction of sp³-hybridized carbons (Fsp3) is 0.929. The standard InChI is InChI=1S/C14H26F2N2O3/c1-12(2,3)21-11(20)18-8-14(15,16)7-17-9-6-10(19)13(9,4)5/h9-10,17,19H,6-8H2,1-5H3,(H,18,20). The van der Waals surface area contributed by atoms with Crippen molar-refractivity contribution in [3.8, 4) is 0 Å². The van der Waals surface area contributed by atoms with Crippen LogP contribution in [0.4, 0.5) is 13.6 Å². The molecule has 1 saturated carbocycles. The van der Waals surface area contributed by atoms with Gasteiger partial charge in [0.2, 0.25) is 0 Å². The second kappa shape index (κ2) is 6.04. The number of nitrogens with one attached hydrogen (secondary N) is 2. The number of aliphatic hydroxyl groups is 1. The first kappa shape index (κ1) is 18.1. The highest BCUT2D eigenvalue weighted by Gasteiger charge is 2.48. The van der Waals surface area contributed by atoms with Crippen LogP contribution < -0.4 is 10.6 Å². The zero-order valence-corrected chi connectivity index (χ0v) is 13.3. The summed E-state index contributed by atoms with van der Waals surface area (Å²) in [6.45, 7) is 7.31. The first-order valence-corrected chi connectivity index (χ1v) is 7.10. The maximum atomic E-state index is 13.7. The zero-order chi connectivity index (χ0) is 16.5. The summed E-state index contributed by atoms with van der Waals surface area (Å²) in [6.07, 6.45) is -0.868. The number of hydrogen-bond donors (Lipinski definition) is 3. The Balaban J connectivity index is 2.33. The van der Waals surface area contributed by atoms with Gasteiger partial charge < -0.3 is 20.5 Å². The predicted octanol–water partition coefficient (Wildman–Crippen LogP) is 1.90. The van der Waals surface area contributed by atoms with Crippen LogP contribution >= 0.6 is 0 Å². The molecule has 124 valence electrons. The molecule has 0 aliphatic heterocycles. The van der Waals surface area contributed by atoms with Gasteiger partial charge in [-0.2, -0.15) is 0 Å². The molecule has 0 spiro atoms. The van der Waals surface area contributed by atoms with Crippen LogP contribution in [-0.2, 0) is 4.74 Å². The number of alkyl carbamates (subject to hydrolysis) is 1. The Morgan fingerprint density at radius 3 is 2.33 bits per heavy atom. The summed E-state index contributed by atoms with van der Waals surface area (Å²) < 4.78 is 32.3. The molecular formula is C14H26F2N2O3. The minimum atomic E-state index is -3.08. The van der Waals surface area contributed by atoms with Crippen molar-refractivity contribution in [1.29, 1.82) is 0 Å². The summed E-state index contributed by atoms with van der Waals surface area (Å²) in [5.74, 6) is -3.08. The number of hydrogen-bond acceptors (Lipinski definition) is 4. The Hall–Kier alpha value is -0.950. The fourth-order valence-corrected chi connectivity index (χ4v) is 2.10. The van der Waals surface area contributed by atoms with Gasteiger partial charge in [-0.15, -0.1) is 0 Å². The molecule has 0 aromatic rings. The van der Waals surface area contributed by atoms with Gasteiger partial charge in [-0.3, -0.25) is 0 Å². The molecule has 0 aromatic carbocycles. The van der Waals surface area contributed by atoms with Crippen molar-refractivity contribution < 1.29 is 23.4 Å². The molecule has 2 atom stereocenters. The number of amides is 1. The minimum Gasteiger partial charge on any atom is -0.444 e. The summed E-state index contributed by atoms with van der Waals surface area (Å²) in [7, 11) is 0. The Bertz CT molecular complexity index is 381. The molecule has 21 heavy (non-hydrogen) atoms. The van der Waals surface area contributed by atoms with Crippen LogP contribution in [0, 0.1) is 5.41 Å². The van der Waals surface area contributed by atoms with E-state index in [1.165, 1.54) is 0 Å². The van der Waals surface area contributed by atoms with Gasteiger partial charge in [0.05, 0.1) is 19.2 Å². The van der Waals surface area contributed by atoms with Crippen LogP contribution in [0.25, 0.3) is 0 Å². The molecule has 0 saturated heterocycles. The maximum absolute atomic E-state index is 13.7. The van der Waals surface area contributed by atoms with E-state index in [9.17, 15) is 18.7 Å². The first-order valence-electron chi connectivity index (χ1n) is 7.10. The van der Waals surface area contributed by atoms with Crippen molar-refractivity contribution in [3.63, 3.8) is 0 Å². The number of carbonyl (C=O) groups excluding carboxylic acids is 1. The van der Waals surface area contributed by atoms with Crippen molar-refractivity contribution in [2.75, 3.05) is 13.1 Å². The van der Waals surface area contributed by atoms with Crippen molar-refractivity contribution in [2.24, 2.45) is 5.41 Å². The zero-order valence-electron chi connectivity index (χ0n) is 13.3. The van der Waals surface area contributed by atoms with Gasteiger partial charge in [-0.05, 0) is 27.2 Å². The van der Waals surface area contributed by atoms with E-state index in [2.05, 4.69) is 10.6 Å². The third-order valence-electron chi connectivity index (χ3n) is 3.71. The second-order valence-corrected chi connectivity index (χ2v) is 7.22. The minimum absolute atomic E-state index is 0.153. The van der Waals surface area contributed by atoms with Gasteiger partial charge in [0, 0.05) is 11.5 Å². The van der Waals surface area contributed by atoms with E-state index in [1.54, 1.807) is 20.8 Å². The highest BCUT2D eigenvalue weighted by atomic mass is 19.3.